The lowest BCUT2D eigenvalue weighted by Crippen LogP contribution is -2.40. The van der Waals surface area contributed by atoms with Gasteiger partial charge < -0.3 is 15.0 Å². The molecule has 0 atom stereocenters. The third kappa shape index (κ3) is 5.26. The van der Waals surface area contributed by atoms with Crippen molar-refractivity contribution in [1.29, 1.82) is 0 Å². The monoisotopic (exact) mass is 443 g/mol. The minimum atomic E-state index is -3.56. The molecule has 4 rings (SSSR count). The molecule has 0 radical (unpaired) electrons. The van der Waals surface area contributed by atoms with Gasteiger partial charge in [0.1, 0.15) is 0 Å². The number of anilines is 2. The van der Waals surface area contributed by atoms with Crippen molar-refractivity contribution in [2.45, 2.75) is 30.6 Å². The lowest BCUT2D eigenvalue weighted by Gasteiger charge is -2.26. The number of morpholine rings is 1. The topological polar surface area (TPSA) is 79.0 Å². The van der Waals surface area contributed by atoms with E-state index in [4.69, 9.17) is 4.74 Å². The standard InChI is InChI=1S/C23H29N3O4S/c27-23(24-20-7-9-21(10-8-20)25-13-3-1-2-4-14-25)19-5-11-22(12-6-19)31(28,29)26-15-17-30-18-16-26/h5-12H,1-4,13-18H2,(H,24,27). The molecule has 0 aromatic heterocycles. The van der Waals surface area contributed by atoms with Gasteiger partial charge in [-0.1, -0.05) is 12.8 Å². The van der Waals surface area contributed by atoms with Crippen molar-refractivity contribution in [3.63, 3.8) is 0 Å². The first-order valence-corrected chi connectivity index (χ1v) is 12.3. The van der Waals surface area contributed by atoms with E-state index >= 15 is 0 Å². The second-order valence-electron chi connectivity index (χ2n) is 7.94. The summed E-state index contributed by atoms with van der Waals surface area (Å²) in [5.74, 6) is -0.266. The van der Waals surface area contributed by atoms with Gasteiger partial charge in [-0.05, 0) is 61.4 Å². The average Bonchev–Trinajstić information content (AvgIpc) is 3.10. The molecule has 2 fully saturated rings. The SMILES string of the molecule is O=C(Nc1ccc(N2CCCCCC2)cc1)c1ccc(S(=O)(=O)N2CCOCC2)cc1. The molecule has 2 aromatic carbocycles. The van der Waals surface area contributed by atoms with Crippen molar-refractivity contribution >= 4 is 27.3 Å². The largest absolute Gasteiger partial charge is 0.379 e. The van der Waals surface area contributed by atoms with Crippen molar-refractivity contribution in [1.82, 2.24) is 4.31 Å². The first-order chi connectivity index (χ1) is 15.0. The minimum Gasteiger partial charge on any atom is -0.379 e. The maximum atomic E-state index is 12.7. The highest BCUT2D eigenvalue weighted by atomic mass is 32.2. The predicted molar refractivity (Wildman–Crippen MR) is 121 cm³/mol. The van der Waals surface area contributed by atoms with Gasteiger partial charge in [-0.25, -0.2) is 8.42 Å². The zero-order valence-electron chi connectivity index (χ0n) is 17.6. The molecule has 2 saturated heterocycles. The molecule has 31 heavy (non-hydrogen) atoms. The van der Waals surface area contributed by atoms with Crippen LogP contribution in [-0.4, -0.2) is 58.0 Å². The zero-order chi connectivity index (χ0) is 21.7. The van der Waals surface area contributed by atoms with Crippen molar-refractivity contribution < 1.29 is 17.9 Å². The van der Waals surface area contributed by atoms with Crippen LogP contribution in [0.25, 0.3) is 0 Å². The smallest absolute Gasteiger partial charge is 0.255 e. The molecule has 1 amide bonds. The van der Waals surface area contributed by atoms with Crippen molar-refractivity contribution in [2.75, 3.05) is 49.6 Å². The Hall–Kier alpha value is -2.42. The molecule has 0 unspecified atom stereocenters. The molecule has 2 aliphatic rings. The summed E-state index contributed by atoms with van der Waals surface area (Å²) in [5, 5.41) is 2.89. The summed E-state index contributed by atoms with van der Waals surface area (Å²) in [6.45, 7) is 3.64. The Kier molecular flexibility index (Phi) is 6.89. The van der Waals surface area contributed by atoms with Crippen LogP contribution in [0.15, 0.2) is 53.4 Å². The zero-order valence-corrected chi connectivity index (χ0v) is 18.4. The number of hydrogen-bond acceptors (Lipinski definition) is 5. The maximum absolute atomic E-state index is 12.7. The number of carbonyl (C=O) groups is 1. The molecule has 0 aliphatic carbocycles. The summed E-state index contributed by atoms with van der Waals surface area (Å²) in [4.78, 5) is 15.2. The summed E-state index contributed by atoms with van der Waals surface area (Å²) in [6, 6.07) is 14.0. The van der Waals surface area contributed by atoms with Crippen molar-refractivity contribution in [2.24, 2.45) is 0 Å². The third-order valence-corrected chi connectivity index (χ3v) is 7.73. The van der Waals surface area contributed by atoms with E-state index in [2.05, 4.69) is 10.2 Å². The Labute approximate surface area is 184 Å². The number of sulfonamides is 1. The second kappa shape index (κ2) is 9.80. The van der Waals surface area contributed by atoms with Gasteiger partial charge in [-0.2, -0.15) is 4.31 Å². The van der Waals surface area contributed by atoms with Crippen LogP contribution < -0.4 is 10.2 Å². The van der Waals surface area contributed by atoms with Crippen LogP contribution in [0, 0.1) is 0 Å². The maximum Gasteiger partial charge on any atom is 0.255 e. The Bertz CT molecular complexity index is 976. The van der Waals surface area contributed by atoms with Crippen LogP contribution in [0.3, 0.4) is 0 Å². The van der Waals surface area contributed by atoms with Gasteiger partial charge >= 0.3 is 0 Å². The summed E-state index contributed by atoms with van der Waals surface area (Å²) < 4.78 is 32.1. The molecule has 2 aromatic rings. The van der Waals surface area contributed by atoms with Crippen molar-refractivity contribution in [3.05, 3.63) is 54.1 Å². The van der Waals surface area contributed by atoms with E-state index in [0.29, 0.717) is 37.6 Å². The Balaban J connectivity index is 1.39. The fourth-order valence-electron chi connectivity index (χ4n) is 4.00. The number of nitrogens with zero attached hydrogens (tertiary/aromatic N) is 2. The van der Waals surface area contributed by atoms with Crippen LogP contribution >= 0.6 is 0 Å². The molecular formula is C23H29N3O4S. The predicted octanol–water partition coefficient (Wildman–Crippen LogP) is 3.34. The highest BCUT2D eigenvalue weighted by Gasteiger charge is 2.26. The van der Waals surface area contributed by atoms with E-state index in [1.54, 1.807) is 12.1 Å². The molecule has 2 aliphatic heterocycles. The highest BCUT2D eigenvalue weighted by molar-refractivity contribution is 7.89. The lowest BCUT2D eigenvalue weighted by atomic mass is 10.2. The highest BCUT2D eigenvalue weighted by Crippen LogP contribution is 2.22. The number of carbonyl (C=O) groups excluding carboxylic acids is 1. The number of amides is 1. The van der Waals surface area contributed by atoms with Crippen LogP contribution in [-0.2, 0) is 14.8 Å². The average molecular weight is 444 g/mol. The Morgan fingerprint density at radius 1 is 0.806 bits per heavy atom. The van der Waals surface area contributed by atoms with E-state index in [-0.39, 0.29) is 10.8 Å². The van der Waals surface area contributed by atoms with Gasteiger partial charge in [-0.3, -0.25) is 4.79 Å². The first-order valence-electron chi connectivity index (χ1n) is 10.9. The van der Waals surface area contributed by atoms with E-state index in [9.17, 15) is 13.2 Å². The van der Waals surface area contributed by atoms with E-state index in [1.807, 2.05) is 24.3 Å². The normalized spacial score (nSPS) is 18.4. The molecule has 1 N–H and O–H groups in total. The molecule has 7 nitrogen and oxygen atoms in total. The summed E-state index contributed by atoms with van der Waals surface area (Å²) in [6.07, 6.45) is 5.01. The Morgan fingerprint density at radius 3 is 2.03 bits per heavy atom. The summed E-state index contributed by atoms with van der Waals surface area (Å²) >= 11 is 0. The van der Waals surface area contributed by atoms with Gasteiger partial charge in [0.25, 0.3) is 5.91 Å². The molecule has 0 saturated carbocycles. The van der Waals surface area contributed by atoms with E-state index in [1.165, 1.54) is 47.8 Å². The fourth-order valence-corrected chi connectivity index (χ4v) is 5.41. The number of nitrogens with one attached hydrogen (secondary N) is 1. The molecular weight excluding hydrogens is 414 g/mol. The second-order valence-corrected chi connectivity index (χ2v) is 9.88. The van der Waals surface area contributed by atoms with Crippen LogP contribution in [0.1, 0.15) is 36.0 Å². The molecule has 8 heteroatoms. The van der Waals surface area contributed by atoms with E-state index in [0.717, 1.165) is 13.1 Å². The van der Waals surface area contributed by atoms with Crippen LogP contribution in [0.4, 0.5) is 11.4 Å². The van der Waals surface area contributed by atoms with Crippen LogP contribution in [0.2, 0.25) is 0 Å². The van der Waals surface area contributed by atoms with Crippen LogP contribution in [0.5, 0.6) is 0 Å². The number of benzene rings is 2. The first kappa shape index (κ1) is 21.8. The van der Waals surface area contributed by atoms with E-state index < -0.39 is 10.0 Å². The molecule has 0 bridgehead atoms. The van der Waals surface area contributed by atoms with Crippen molar-refractivity contribution in [3.8, 4) is 0 Å². The quantitative estimate of drug-likeness (QED) is 0.767. The fraction of sp³-hybridized carbons (Fsp3) is 0.435. The van der Waals surface area contributed by atoms with Gasteiger partial charge in [0.05, 0.1) is 18.1 Å². The van der Waals surface area contributed by atoms with Gasteiger partial charge in [0.2, 0.25) is 10.0 Å². The summed E-state index contributed by atoms with van der Waals surface area (Å²) in [7, 11) is -3.56. The summed E-state index contributed by atoms with van der Waals surface area (Å²) in [5.41, 5.74) is 2.31. The van der Waals surface area contributed by atoms with Gasteiger partial charge in [0, 0.05) is 43.1 Å². The number of ether oxygens (including phenoxy) is 1. The lowest BCUT2D eigenvalue weighted by molar-refractivity contribution is 0.0730. The Morgan fingerprint density at radius 2 is 1.42 bits per heavy atom. The molecule has 2 heterocycles. The third-order valence-electron chi connectivity index (χ3n) is 5.82. The van der Waals surface area contributed by atoms with Gasteiger partial charge in [0.15, 0.2) is 0 Å². The molecule has 0 spiro atoms. The molecule has 166 valence electrons. The number of rotatable bonds is 5. The number of hydrogen-bond donors (Lipinski definition) is 1. The van der Waals surface area contributed by atoms with Gasteiger partial charge in [-0.15, -0.1) is 0 Å². The minimum absolute atomic E-state index is 0.188.